The van der Waals surface area contributed by atoms with Crippen LogP contribution in [0.2, 0.25) is 0 Å². The van der Waals surface area contributed by atoms with Gasteiger partial charge in [0.1, 0.15) is 17.4 Å². The fourth-order valence-corrected chi connectivity index (χ4v) is 3.45. The number of benzene rings is 2. The van der Waals surface area contributed by atoms with E-state index in [0.29, 0.717) is 0 Å². The molecule has 1 saturated heterocycles. The van der Waals surface area contributed by atoms with Gasteiger partial charge < -0.3 is 10.2 Å². The number of rotatable bonds is 4. The molecule has 0 spiro atoms. The summed E-state index contributed by atoms with van der Waals surface area (Å²) in [5.74, 6) is -4.39. The lowest BCUT2D eigenvalue weighted by atomic mass is 10.0. The Kier molecular flexibility index (Phi) is 4.78. The summed E-state index contributed by atoms with van der Waals surface area (Å²) in [6.07, 6.45) is 0.0294. The minimum absolute atomic E-state index is 0.00312. The number of nitrogens with one attached hydrogen (secondary N) is 1. The van der Waals surface area contributed by atoms with Crippen LogP contribution in [0.15, 0.2) is 46.6 Å². The Morgan fingerprint density at radius 3 is 2.55 bits per heavy atom. The molecule has 2 heterocycles. The topological polar surface area (TPSA) is 166 Å². The summed E-state index contributed by atoms with van der Waals surface area (Å²) in [5.41, 5.74) is -0.214. The SMILES string of the molecule is O=C1CCC(N2C(=O)c3cccc(N=Nc4ccc(O)c(C(=O)O)c4)c3C2=O)C(=O)N1. The third-order valence-corrected chi connectivity index (χ3v) is 4.93. The fourth-order valence-electron chi connectivity index (χ4n) is 3.45. The first-order chi connectivity index (χ1) is 14.8. The number of imide groups is 2. The molecule has 0 aromatic heterocycles. The zero-order valence-electron chi connectivity index (χ0n) is 15.7. The number of aromatic hydroxyl groups is 1. The van der Waals surface area contributed by atoms with Crippen LogP contribution in [0.4, 0.5) is 11.4 Å². The van der Waals surface area contributed by atoms with Crippen LogP contribution in [-0.4, -0.2) is 50.8 Å². The summed E-state index contributed by atoms with van der Waals surface area (Å²) in [4.78, 5) is 61.3. The Morgan fingerprint density at radius 1 is 1.06 bits per heavy atom. The van der Waals surface area contributed by atoms with E-state index < -0.39 is 41.4 Å². The number of carboxylic acid groups (broad SMARTS) is 1. The number of amides is 4. The third kappa shape index (κ3) is 3.41. The second kappa shape index (κ2) is 7.44. The number of carbonyl (C=O) groups excluding carboxylic acids is 4. The van der Waals surface area contributed by atoms with E-state index in [4.69, 9.17) is 5.11 Å². The van der Waals surface area contributed by atoms with Crippen molar-refractivity contribution < 1.29 is 34.2 Å². The monoisotopic (exact) mass is 422 g/mol. The van der Waals surface area contributed by atoms with Crippen molar-refractivity contribution in [3.8, 4) is 5.75 Å². The number of hydrogen-bond acceptors (Lipinski definition) is 8. The largest absolute Gasteiger partial charge is 0.507 e. The molecule has 2 aliphatic rings. The minimum atomic E-state index is -1.35. The maximum atomic E-state index is 13.0. The Labute approximate surface area is 174 Å². The molecule has 1 atom stereocenters. The highest BCUT2D eigenvalue weighted by molar-refractivity contribution is 6.25. The van der Waals surface area contributed by atoms with Crippen LogP contribution in [0.3, 0.4) is 0 Å². The van der Waals surface area contributed by atoms with Gasteiger partial charge in [0.25, 0.3) is 11.8 Å². The van der Waals surface area contributed by atoms with Crippen LogP contribution in [0.1, 0.15) is 43.9 Å². The van der Waals surface area contributed by atoms with Crippen molar-refractivity contribution >= 4 is 41.0 Å². The maximum absolute atomic E-state index is 13.0. The molecule has 0 aliphatic carbocycles. The molecule has 3 N–H and O–H groups in total. The number of piperidine rings is 1. The smallest absolute Gasteiger partial charge is 0.339 e. The van der Waals surface area contributed by atoms with Gasteiger partial charge >= 0.3 is 5.97 Å². The van der Waals surface area contributed by atoms with Gasteiger partial charge in [0.15, 0.2) is 0 Å². The molecule has 11 heteroatoms. The standard InChI is InChI=1S/C20H14N4O7/c25-14-6-4-9(8-11(14)20(30)31)22-23-12-3-1-2-10-16(12)19(29)24(18(10)28)13-5-7-15(26)21-17(13)27/h1-4,6,8,13,25H,5,7H2,(H,30,31)(H,21,26,27). The van der Waals surface area contributed by atoms with Crippen LogP contribution < -0.4 is 5.32 Å². The molecule has 2 aromatic carbocycles. The van der Waals surface area contributed by atoms with Crippen molar-refractivity contribution in [3.63, 3.8) is 0 Å². The molecule has 156 valence electrons. The average Bonchev–Trinajstić information content (AvgIpc) is 2.98. The number of aromatic carboxylic acids is 1. The second-order valence-electron chi connectivity index (χ2n) is 6.85. The van der Waals surface area contributed by atoms with Crippen molar-refractivity contribution in [1.82, 2.24) is 10.2 Å². The Balaban J connectivity index is 1.67. The zero-order chi connectivity index (χ0) is 22.3. The number of carboxylic acids is 1. The van der Waals surface area contributed by atoms with Crippen LogP contribution in [0.25, 0.3) is 0 Å². The quantitative estimate of drug-likeness (QED) is 0.500. The predicted molar refractivity (Wildman–Crippen MR) is 102 cm³/mol. The number of azo groups is 1. The number of phenols is 1. The highest BCUT2D eigenvalue weighted by atomic mass is 16.4. The minimum Gasteiger partial charge on any atom is -0.507 e. The van der Waals surface area contributed by atoms with Gasteiger partial charge in [0.05, 0.1) is 22.5 Å². The van der Waals surface area contributed by atoms with E-state index in [0.717, 1.165) is 17.0 Å². The molecular formula is C20H14N4O7. The van der Waals surface area contributed by atoms with Gasteiger partial charge in [-0.1, -0.05) is 6.07 Å². The van der Waals surface area contributed by atoms with Gasteiger partial charge in [0, 0.05) is 6.42 Å². The Hall–Kier alpha value is -4.41. The Morgan fingerprint density at radius 2 is 1.84 bits per heavy atom. The Bertz CT molecular complexity index is 1200. The molecule has 2 aliphatic heterocycles. The number of hydrogen-bond donors (Lipinski definition) is 3. The van der Waals surface area contributed by atoms with Gasteiger partial charge in [-0.15, -0.1) is 5.11 Å². The molecule has 0 saturated carbocycles. The molecule has 0 radical (unpaired) electrons. The van der Waals surface area contributed by atoms with E-state index in [1.807, 2.05) is 0 Å². The highest BCUT2D eigenvalue weighted by Gasteiger charge is 2.45. The molecule has 1 unspecified atom stereocenters. The predicted octanol–water partition coefficient (Wildman–Crippen LogP) is 1.91. The lowest BCUT2D eigenvalue weighted by Gasteiger charge is -2.27. The summed E-state index contributed by atoms with van der Waals surface area (Å²) in [6, 6.07) is 6.83. The first-order valence-electron chi connectivity index (χ1n) is 9.10. The maximum Gasteiger partial charge on any atom is 0.339 e. The summed E-state index contributed by atoms with van der Waals surface area (Å²) in [5, 5.41) is 28.7. The number of carbonyl (C=O) groups is 5. The van der Waals surface area contributed by atoms with Gasteiger partial charge in [0.2, 0.25) is 11.8 Å². The van der Waals surface area contributed by atoms with Gasteiger partial charge in [-0.25, -0.2) is 4.79 Å². The summed E-state index contributed by atoms with van der Waals surface area (Å²) >= 11 is 0. The van der Waals surface area contributed by atoms with Gasteiger partial charge in [-0.05, 0) is 36.8 Å². The molecule has 31 heavy (non-hydrogen) atoms. The van der Waals surface area contributed by atoms with Crippen LogP contribution in [-0.2, 0) is 9.59 Å². The first-order valence-corrected chi connectivity index (χ1v) is 9.10. The lowest BCUT2D eigenvalue weighted by Crippen LogP contribution is -2.54. The fraction of sp³-hybridized carbons (Fsp3) is 0.150. The second-order valence-corrected chi connectivity index (χ2v) is 6.85. The van der Waals surface area contributed by atoms with Crippen molar-refractivity contribution in [3.05, 3.63) is 53.1 Å². The molecule has 11 nitrogen and oxygen atoms in total. The van der Waals surface area contributed by atoms with Crippen molar-refractivity contribution in [2.24, 2.45) is 10.2 Å². The van der Waals surface area contributed by atoms with Crippen LogP contribution >= 0.6 is 0 Å². The molecular weight excluding hydrogens is 408 g/mol. The van der Waals surface area contributed by atoms with E-state index in [2.05, 4.69) is 15.5 Å². The van der Waals surface area contributed by atoms with Crippen LogP contribution in [0.5, 0.6) is 5.75 Å². The third-order valence-electron chi connectivity index (χ3n) is 4.93. The van der Waals surface area contributed by atoms with E-state index in [9.17, 15) is 29.1 Å². The van der Waals surface area contributed by atoms with Gasteiger partial charge in [-0.2, -0.15) is 5.11 Å². The van der Waals surface area contributed by atoms with E-state index in [-0.39, 0.29) is 40.9 Å². The summed E-state index contributed by atoms with van der Waals surface area (Å²) < 4.78 is 0. The van der Waals surface area contributed by atoms with E-state index >= 15 is 0 Å². The highest BCUT2D eigenvalue weighted by Crippen LogP contribution is 2.35. The zero-order valence-corrected chi connectivity index (χ0v) is 15.7. The average molecular weight is 422 g/mol. The van der Waals surface area contributed by atoms with Crippen molar-refractivity contribution in [2.45, 2.75) is 18.9 Å². The molecule has 4 rings (SSSR count). The normalized spacial score (nSPS) is 18.5. The number of nitrogens with zero attached hydrogens (tertiary/aromatic N) is 3. The van der Waals surface area contributed by atoms with Crippen molar-refractivity contribution in [1.29, 1.82) is 0 Å². The first kappa shape index (κ1) is 19.9. The molecule has 2 aromatic rings. The van der Waals surface area contributed by atoms with E-state index in [1.54, 1.807) is 0 Å². The lowest BCUT2D eigenvalue weighted by molar-refractivity contribution is -0.136. The summed E-state index contributed by atoms with van der Waals surface area (Å²) in [7, 11) is 0. The molecule has 1 fully saturated rings. The van der Waals surface area contributed by atoms with Crippen LogP contribution in [0, 0.1) is 0 Å². The van der Waals surface area contributed by atoms with E-state index in [1.165, 1.54) is 24.3 Å². The number of fused-ring (bicyclic) bond motifs is 1. The summed E-state index contributed by atoms with van der Waals surface area (Å²) in [6.45, 7) is 0. The van der Waals surface area contributed by atoms with Crippen molar-refractivity contribution in [2.75, 3.05) is 0 Å². The molecule has 4 amide bonds. The molecule has 0 bridgehead atoms. The van der Waals surface area contributed by atoms with Gasteiger partial charge in [-0.3, -0.25) is 29.4 Å².